The molecule has 3 heterocycles. The van der Waals surface area contributed by atoms with E-state index in [1.54, 1.807) is 51.6 Å². The Morgan fingerprint density at radius 2 is 1.80 bits per heavy atom. The molecule has 0 aliphatic carbocycles. The monoisotopic (exact) mass is 593 g/mol. The first-order chi connectivity index (χ1) is 19.7. The van der Waals surface area contributed by atoms with Crippen molar-refractivity contribution in [1.29, 1.82) is 0 Å². The summed E-state index contributed by atoms with van der Waals surface area (Å²) in [6, 6.07) is 13.4. The molecule has 2 unspecified atom stereocenters. The number of thioether (sulfide) groups is 1. The Hall–Kier alpha value is -3.07. The van der Waals surface area contributed by atoms with Crippen molar-refractivity contribution in [3.05, 3.63) is 84.4 Å². The van der Waals surface area contributed by atoms with E-state index in [0.29, 0.717) is 23.7 Å². The normalized spacial score (nSPS) is 26.9. The number of amides is 3. The van der Waals surface area contributed by atoms with Crippen LogP contribution in [0.25, 0.3) is 0 Å². The lowest BCUT2D eigenvalue weighted by Gasteiger charge is -2.39. The van der Waals surface area contributed by atoms with E-state index in [1.165, 1.54) is 0 Å². The first kappa shape index (κ1) is 29.4. The van der Waals surface area contributed by atoms with E-state index in [0.717, 1.165) is 17.7 Å². The largest absolute Gasteiger partial charge is 0.394 e. The summed E-state index contributed by atoms with van der Waals surface area (Å²) in [5.74, 6) is -1.94. The first-order valence-corrected chi connectivity index (χ1v) is 15.2. The molecule has 3 aliphatic rings. The van der Waals surface area contributed by atoms with Gasteiger partial charge in [-0.3, -0.25) is 14.4 Å². The van der Waals surface area contributed by atoms with Crippen LogP contribution in [0.15, 0.2) is 73.8 Å². The maximum Gasteiger partial charge on any atom is 0.251 e. The van der Waals surface area contributed by atoms with Crippen molar-refractivity contribution in [1.82, 2.24) is 4.90 Å². The molecule has 3 saturated heterocycles. The number of carbonyl (C=O) groups excluding carboxylic acids is 3. The van der Waals surface area contributed by atoms with E-state index in [1.807, 2.05) is 49.4 Å². The third kappa shape index (κ3) is 4.70. The number of likely N-dealkylation sites (tertiary alicyclic amines) is 1. The fraction of sp³-hybridized carbons (Fsp3) is 0.406. The predicted molar refractivity (Wildman–Crippen MR) is 165 cm³/mol. The molecule has 3 fully saturated rings. The van der Waals surface area contributed by atoms with Gasteiger partial charge in [0.25, 0.3) is 5.91 Å². The summed E-state index contributed by atoms with van der Waals surface area (Å²) in [6.07, 6.45) is 4.68. The zero-order valence-corrected chi connectivity index (χ0v) is 25.0. The molecule has 216 valence electrons. The number of rotatable bonds is 10. The number of hydrogen-bond acceptors (Lipinski definition) is 5. The second kappa shape index (κ2) is 11.7. The second-order valence-electron chi connectivity index (χ2n) is 11.0. The van der Waals surface area contributed by atoms with Crippen molar-refractivity contribution in [3.8, 4) is 0 Å². The molecule has 0 aromatic heterocycles. The second-order valence-corrected chi connectivity index (χ2v) is 13.1. The van der Waals surface area contributed by atoms with Gasteiger partial charge in [-0.1, -0.05) is 54.1 Å². The third-order valence-electron chi connectivity index (χ3n) is 8.68. The molecule has 0 radical (unpaired) electrons. The molecule has 5 rings (SSSR count). The van der Waals surface area contributed by atoms with Crippen molar-refractivity contribution in [2.45, 2.75) is 48.8 Å². The predicted octanol–water partition coefficient (Wildman–Crippen LogP) is 4.86. The van der Waals surface area contributed by atoms with Gasteiger partial charge in [0.1, 0.15) is 6.04 Å². The lowest BCUT2D eigenvalue weighted by Crippen LogP contribution is -2.57. The number of aliphatic hydroxyl groups is 1. The third-order valence-corrected chi connectivity index (χ3v) is 10.9. The topological polar surface area (TPSA) is 81.2 Å². The maximum atomic E-state index is 14.7. The molecular weight excluding hydrogens is 558 g/mol. The van der Waals surface area contributed by atoms with Gasteiger partial charge in [-0.05, 0) is 50.5 Å². The number of aryl methyl sites for hydroxylation is 1. The minimum absolute atomic E-state index is 0.0933. The molecule has 3 amide bonds. The molecular formula is C32H36ClN3O4S. The molecule has 41 heavy (non-hydrogen) atoms. The summed E-state index contributed by atoms with van der Waals surface area (Å²) in [4.78, 5) is 48.2. The van der Waals surface area contributed by atoms with Crippen LogP contribution < -0.4 is 9.80 Å². The number of anilines is 2. The Labute approximate surface area is 250 Å². The Balaban J connectivity index is 1.60. The van der Waals surface area contributed by atoms with Crippen molar-refractivity contribution in [2.24, 2.45) is 11.8 Å². The maximum absolute atomic E-state index is 14.7. The smallest absolute Gasteiger partial charge is 0.251 e. The van der Waals surface area contributed by atoms with Gasteiger partial charge >= 0.3 is 0 Å². The van der Waals surface area contributed by atoms with Crippen LogP contribution >= 0.6 is 23.4 Å². The number of fused-ring (bicyclic) bond motifs is 1. The highest BCUT2D eigenvalue weighted by Crippen LogP contribution is 2.67. The van der Waals surface area contributed by atoms with Gasteiger partial charge in [0.05, 0.1) is 39.9 Å². The quantitative estimate of drug-likeness (QED) is 0.398. The van der Waals surface area contributed by atoms with Crippen LogP contribution in [-0.2, 0) is 14.4 Å². The van der Waals surface area contributed by atoms with Crippen LogP contribution in [0.5, 0.6) is 0 Å². The van der Waals surface area contributed by atoms with Crippen molar-refractivity contribution in [2.75, 3.05) is 29.5 Å². The van der Waals surface area contributed by atoms with Gasteiger partial charge < -0.3 is 19.8 Å². The number of carbonyl (C=O) groups is 3. The minimum atomic E-state index is -0.866. The molecule has 6 atom stereocenters. The van der Waals surface area contributed by atoms with E-state index < -0.39 is 28.7 Å². The van der Waals surface area contributed by atoms with Crippen molar-refractivity contribution in [3.63, 3.8) is 0 Å². The van der Waals surface area contributed by atoms with Crippen LogP contribution in [0, 0.1) is 18.8 Å². The highest BCUT2D eigenvalue weighted by Gasteiger charge is 2.74. The Kier molecular flexibility index (Phi) is 8.37. The van der Waals surface area contributed by atoms with Gasteiger partial charge in [-0.2, -0.15) is 0 Å². The summed E-state index contributed by atoms with van der Waals surface area (Å²) in [5.41, 5.74) is 2.14. The summed E-state index contributed by atoms with van der Waals surface area (Å²) in [7, 11) is 0. The zero-order valence-electron chi connectivity index (χ0n) is 23.4. The lowest BCUT2D eigenvalue weighted by molar-refractivity contribution is -0.141. The SMILES string of the molecule is C=CCN(C(=O)[C@@H]1[C@@H]2CCC3(S2)C(C(=O)N(CC=C)c2c(C)cccc2Cl)N([C@H](C)CO)C(=O)[C@H]13)c1ccccc1. The average Bonchev–Trinajstić information content (AvgIpc) is 3.62. The molecule has 2 aromatic rings. The van der Waals surface area contributed by atoms with Gasteiger partial charge in [0, 0.05) is 24.0 Å². The number of benzene rings is 2. The highest BCUT2D eigenvalue weighted by atomic mass is 35.5. The fourth-order valence-corrected chi connectivity index (χ4v) is 9.50. The van der Waals surface area contributed by atoms with Gasteiger partial charge in [0.15, 0.2) is 0 Å². The van der Waals surface area contributed by atoms with Gasteiger partial charge in [-0.25, -0.2) is 0 Å². The molecule has 2 bridgehead atoms. The number of nitrogens with zero attached hydrogens (tertiary/aromatic N) is 3. The molecule has 0 saturated carbocycles. The van der Waals surface area contributed by atoms with E-state index in [-0.39, 0.29) is 36.1 Å². The Bertz CT molecular complexity index is 1350. The number of hydrogen-bond donors (Lipinski definition) is 1. The molecule has 1 spiro atoms. The zero-order chi connectivity index (χ0) is 29.5. The van der Waals surface area contributed by atoms with Crippen LogP contribution in [0.2, 0.25) is 5.02 Å². The molecule has 9 heteroatoms. The highest BCUT2D eigenvalue weighted by molar-refractivity contribution is 8.02. The summed E-state index contributed by atoms with van der Waals surface area (Å²) >= 11 is 8.23. The molecule has 1 N–H and O–H groups in total. The van der Waals surface area contributed by atoms with Crippen molar-refractivity contribution >= 4 is 52.5 Å². The standard InChI is InChI=1S/C32H36ClN3O4S/c1-5-17-34(22-12-8-7-9-13-22)29(38)25-24-15-16-32(41-24)26(25)30(39)36(21(4)19-37)28(32)31(40)35(18-6-2)27-20(3)11-10-14-23(27)33/h5-14,21,24-26,28,37H,1-2,15-19H2,3-4H3/t21-,24+,25-,26+,28?,32?/m1/s1. The number of aliphatic hydroxyl groups excluding tert-OH is 1. The lowest BCUT2D eigenvalue weighted by atomic mass is 9.70. The van der Waals surface area contributed by atoms with E-state index in [9.17, 15) is 19.5 Å². The van der Waals surface area contributed by atoms with Crippen LogP contribution in [0.3, 0.4) is 0 Å². The Morgan fingerprint density at radius 1 is 1.12 bits per heavy atom. The van der Waals surface area contributed by atoms with Crippen LogP contribution in [0.4, 0.5) is 11.4 Å². The van der Waals surface area contributed by atoms with Gasteiger partial charge in [0.2, 0.25) is 11.8 Å². The molecule has 3 aliphatic heterocycles. The summed E-state index contributed by atoms with van der Waals surface area (Å²) in [6.45, 7) is 11.6. The molecule has 2 aromatic carbocycles. The van der Waals surface area contributed by atoms with E-state index in [2.05, 4.69) is 13.2 Å². The van der Waals surface area contributed by atoms with Crippen LogP contribution in [0.1, 0.15) is 25.3 Å². The van der Waals surface area contributed by atoms with Gasteiger partial charge in [-0.15, -0.1) is 24.9 Å². The van der Waals surface area contributed by atoms with Crippen LogP contribution in [-0.4, -0.2) is 69.5 Å². The minimum Gasteiger partial charge on any atom is -0.394 e. The number of para-hydroxylation sites is 2. The Morgan fingerprint density at radius 3 is 2.44 bits per heavy atom. The van der Waals surface area contributed by atoms with E-state index in [4.69, 9.17) is 11.6 Å². The first-order valence-electron chi connectivity index (χ1n) is 14.0. The fourth-order valence-electron chi connectivity index (χ4n) is 6.99. The molecule has 7 nitrogen and oxygen atoms in total. The number of halogens is 1. The average molecular weight is 594 g/mol. The summed E-state index contributed by atoms with van der Waals surface area (Å²) in [5, 5.41) is 10.6. The van der Waals surface area contributed by atoms with E-state index >= 15 is 0 Å². The summed E-state index contributed by atoms with van der Waals surface area (Å²) < 4.78 is -0.798. The van der Waals surface area contributed by atoms with Crippen molar-refractivity contribution < 1.29 is 19.5 Å².